The molecule has 1 N–H and O–H groups in total. The molecule has 0 heterocycles. The fraction of sp³-hybridized carbons (Fsp3) is 0.944. The lowest BCUT2D eigenvalue weighted by Crippen LogP contribution is -2.46. The molecule has 21 heavy (non-hydrogen) atoms. The van der Waals surface area contributed by atoms with Crippen molar-refractivity contribution in [2.45, 2.75) is 77.7 Å². The second-order valence-electron chi connectivity index (χ2n) is 7.04. The summed E-state index contributed by atoms with van der Waals surface area (Å²) in [6, 6.07) is 0.300. The van der Waals surface area contributed by atoms with Crippen LogP contribution >= 0.6 is 0 Å². The summed E-state index contributed by atoms with van der Waals surface area (Å²) in [5, 5.41) is 9.32. The molecule has 0 aromatic carbocycles. The Morgan fingerprint density at radius 2 is 1.76 bits per heavy atom. The van der Waals surface area contributed by atoms with Crippen LogP contribution in [0.25, 0.3) is 0 Å². The summed E-state index contributed by atoms with van der Waals surface area (Å²) in [5.41, 5.74) is 0. The number of amides is 1. The van der Waals surface area contributed by atoms with Crippen molar-refractivity contribution in [3.8, 4) is 0 Å². The number of hydrogen-bond donors (Lipinski definition) is 1. The van der Waals surface area contributed by atoms with Crippen LogP contribution in [0, 0.1) is 17.8 Å². The number of aliphatic hydroxyl groups is 1. The maximum absolute atomic E-state index is 12.9. The first-order valence-electron chi connectivity index (χ1n) is 9.12. The van der Waals surface area contributed by atoms with E-state index in [2.05, 4.69) is 13.8 Å². The van der Waals surface area contributed by atoms with Gasteiger partial charge in [0, 0.05) is 18.5 Å². The van der Waals surface area contributed by atoms with Crippen LogP contribution in [-0.2, 0) is 4.79 Å². The molecule has 0 spiro atoms. The maximum Gasteiger partial charge on any atom is 0.226 e. The average molecular weight is 295 g/mol. The second kappa shape index (κ2) is 8.17. The van der Waals surface area contributed by atoms with Gasteiger partial charge in [0.05, 0.1) is 6.61 Å². The molecule has 2 fully saturated rings. The minimum Gasteiger partial charge on any atom is -0.395 e. The summed E-state index contributed by atoms with van der Waals surface area (Å²) < 4.78 is 0. The molecule has 0 aliphatic heterocycles. The summed E-state index contributed by atoms with van der Waals surface area (Å²) in [5.74, 6) is 2.22. The molecular formula is C18H33NO2. The smallest absolute Gasteiger partial charge is 0.226 e. The van der Waals surface area contributed by atoms with Crippen molar-refractivity contribution in [1.82, 2.24) is 4.90 Å². The number of carbonyl (C=O) groups excluding carboxylic acids is 1. The van der Waals surface area contributed by atoms with Gasteiger partial charge in [-0.2, -0.15) is 0 Å². The van der Waals surface area contributed by atoms with Crippen molar-refractivity contribution in [3.05, 3.63) is 0 Å². The number of hydrogen-bond acceptors (Lipinski definition) is 2. The first-order valence-corrected chi connectivity index (χ1v) is 9.12. The Bertz CT molecular complexity index is 327. The summed E-state index contributed by atoms with van der Waals surface area (Å²) in [7, 11) is 0. The Morgan fingerprint density at radius 1 is 1.10 bits per heavy atom. The SMILES string of the molecule is CCC(CC)N(CCO)C(=O)C1CCC2CCCCC2C1. The molecule has 2 saturated carbocycles. The molecule has 3 heteroatoms. The normalized spacial score (nSPS) is 29.2. The molecule has 3 nitrogen and oxygen atoms in total. The monoisotopic (exact) mass is 295 g/mol. The number of aliphatic hydroxyl groups excluding tert-OH is 1. The molecule has 0 saturated heterocycles. The van der Waals surface area contributed by atoms with Gasteiger partial charge in [0.25, 0.3) is 0 Å². The van der Waals surface area contributed by atoms with E-state index in [4.69, 9.17) is 0 Å². The van der Waals surface area contributed by atoms with Crippen molar-refractivity contribution >= 4 is 5.91 Å². The van der Waals surface area contributed by atoms with Gasteiger partial charge in [-0.05, 0) is 43.9 Å². The van der Waals surface area contributed by atoms with Gasteiger partial charge in [0.2, 0.25) is 5.91 Å². The van der Waals surface area contributed by atoms with Crippen molar-refractivity contribution < 1.29 is 9.90 Å². The number of rotatable bonds is 6. The minimum atomic E-state index is 0.0843. The van der Waals surface area contributed by atoms with Crippen LogP contribution in [0.4, 0.5) is 0 Å². The highest BCUT2D eigenvalue weighted by Crippen LogP contribution is 2.43. The quantitative estimate of drug-likeness (QED) is 0.813. The Labute approximate surface area is 130 Å². The van der Waals surface area contributed by atoms with Gasteiger partial charge < -0.3 is 10.0 Å². The highest BCUT2D eigenvalue weighted by Gasteiger charge is 2.37. The highest BCUT2D eigenvalue weighted by atomic mass is 16.3. The van der Waals surface area contributed by atoms with Crippen LogP contribution in [0.2, 0.25) is 0 Å². The lowest BCUT2D eigenvalue weighted by Gasteiger charge is -2.41. The molecule has 2 aliphatic rings. The Balaban J connectivity index is 1.99. The third-order valence-corrected chi connectivity index (χ3v) is 5.90. The van der Waals surface area contributed by atoms with E-state index in [9.17, 15) is 9.90 Å². The predicted molar refractivity (Wildman–Crippen MR) is 86.0 cm³/mol. The van der Waals surface area contributed by atoms with Gasteiger partial charge in [-0.15, -0.1) is 0 Å². The lowest BCUT2D eigenvalue weighted by atomic mass is 9.67. The third kappa shape index (κ3) is 4.00. The molecule has 0 aromatic rings. The molecular weight excluding hydrogens is 262 g/mol. The average Bonchev–Trinajstić information content (AvgIpc) is 2.54. The number of fused-ring (bicyclic) bond motifs is 1. The number of nitrogens with zero attached hydrogens (tertiary/aromatic N) is 1. The first kappa shape index (κ1) is 16.8. The van der Waals surface area contributed by atoms with Gasteiger partial charge in [-0.3, -0.25) is 4.79 Å². The van der Waals surface area contributed by atoms with E-state index in [0.717, 1.165) is 37.5 Å². The topological polar surface area (TPSA) is 40.5 Å². The zero-order valence-corrected chi connectivity index (χ0v) is 13.9. The van der Waals surface area contributed by atoms with Gasteiger partial charge in [-0.1, -0.05) is 39.5 Å². The molecule has 3 unspecified atom stereocenters. The lowest BCUT2D eigenvalue weighted by molar-refractivity contribution is -0.141. The largest absolute Gasteiger partial charge is 0.395 e. The van der Waals surface area contributed by atoms with E-state index in [1.54, 1.807) is 0 Å². The van der Waals surface area contributed by atoms with Crippen LogP contribution < -0.4 is 0 Å². The van der Waals surface area contributed by atoms with Gasteiger partial charge >= 0.3 is 0 Å². The van der Waals surface area contributed by atoms with E-state index in [0.29, 0.717) is 18.5 Å². The van der Waals surface area contributed by atoms with E-state index < -0.39 is 0 Å². The summed E-state index contributed by atoms with van der Waals surface area (Å²) in [6.07, 6.45) is 10.9. The molecule has 0 radical (unpaired) electrons. The van der Waals surface area contributed by atoms with Crippen molar-refractivity contribution in [2.24, 2.45) is 17.8 Å². The van der Waals surface area contributed by atoms with Gasteiger partial charge in [0.15, 0.2) is 0 Å². The molecule has 3 atom stereocenters. The maximum atomic E-state index is 12.9. The third-order valence-electron chi connectivity index (χ3n) is 5.90. The standard InChI is InChI=1S/C18H33NO2/c1-3-17(4-2)19(11-12-20)18(21)16-10-9-14-7-5-6-8-15(14)13-16/h14-17,20H,3-13H2,1-2H3. The van der Waals surface area contributed by atoms with E-state index in [1.807, 2.05) is 4.90 Å². The minimum absolute atomic E-state index is 0.0843. The van der Waals surface area contributed by atoms with E-state index >= 15 is 0 Å². The first-order chi connectivity index (χ1) is 10.2. The molecule has 1 amide bonds. The predicted octanol–water partition coefficient (Wildman–Crippen LogP) is 3.60. The summed E-state index contributed by atoms with van der Waals surface area (Å²) in [4.78, 5) is 14.9. The molecule has 2 aliphatic carbocycles. The van der Waals surface area contributed by atoms with Crippen LogP contribution in [0.3, 0.4) is 0 Å². The molecule has 0 aromatic heterocycles. The molecule has 2 rings (SSSR count). The zero-order valence-electron chi connectivity index (χ0n) is 13.9. The second-order valence-corrected chi connectivity index (χ2v) is 7.04. The van der Waals surface area contributed by atoms with Gasteiger partial charge in [0.1, 0.15) is 0 Å². The van der Waals surface area contributed by atoms with Crippen LogP contribution in [0.1, 0.15) is 71.6 Å². The van der Waals surface area contributed by atoms with Crippen molar-refractivity contribution in [2.75, 3.05) is 13.2 Å². The fourth-order valence-electron chi connectivity index (χ4n) is 4.64. The fourth-order valence-corrected chi connectivity index (χ4v) is 4.64. The van der Waals surface area contributed by atoms with E-state index in [-0.39, 0.29) is 12.5 Å². The molecule has 122 valence electrons. The van der Waals surface area contributed by atoms with Crippen molar-refractivity contribution in [1.29, 1.82) is 0 Å². The Morgan fingerprint density at radius 3 is 2.38 bits per heavy atom. The van der Waals surface area contributed by atoms with Crippen LogP contribution in [-0.4, -0.2) is 35.1 Å². The highest BCUT2D eigenvalue weighted by molar-refractivity contribution is 5.79. The van der Waals surface area contributed by atoms with Crippen LogP contribution in [0.5, 0.6) is 0 Å². The summed E-state index contributed by atoms with van der Waals surface area (Å²) in [6.45, 7) is 4.88. The zero-order chi connectivity index (χ0) is 15.2. The Hall–Kier alpha value is -0.570. The van der Waals surface area contributed by atoms with Gasteiger partial charge in [-0.25, -0.2) is 0 Å². The molecule has 0 bridgehead atoms. The Kier molecular flexibility index (Phi) is 6.53. The van der Waals surface area contributed by atoms with Crippen molar-refractivity contribution in [3.63, 3.8) is 0 Å². The summed E-state index contributed by atoms with van der Waals surface area (Å²) >= 11 is 0. The van der Waals surface area contributed by atoms with E-state index in [1.165, 1.54) is 32.1 Å². The number of carbonyl (C=O) groups is 1. The van der Waals surface area contributed by atoms with Crippen LogP contribution in [0.15, 0.2) is 0 Å².